The second kappa shape index (κ2) is 7.05. The number of hydrogen-bond donors (Lipinski definition) is 2. The van der Waals surface area contributed by atoms with Crippen molar-refractivity contribution in [1.29, 1.82) is 0 Å². The zero-order valence-corrected chi connectivity index (χ0v) is 15.9. The maximum Gasteiger partial charge on any atom is 0.288 e. The highest BCUT2D eigenvalue weighted by Gasteiger charge is 2.37. The van der Waals surface area contributed by atoms with Crippen molar-refractivity contribution in [3.05, 3.63) is 90.2 Å². The fourth-order valence-corrected chi connectivity index (χ4v) is 3.67. The summed E-state index contributed by atoms with van der Waals surface area (Å²) < 4.78 is 1.32. The zero-order valence-electron chi connectivity index (χ0n) is 15.9. The fraction of sp³-hybridized carbons (Fsp3) is 0.0556. The van der Waals surface area contributed by atoms with E-state index in [-0.39, 0.29) is 39.8 Å². The SMILES string of the molecule is O=c1[nH]nc(-c2ccc([N+](=O)[O-])cc2)c2c1Nc1nnnn1[C@@H]2c1ccccc1[N+](=O)[O-]. The number of hydrogen-bond acceptors (Lipinski definition) is 10. The number of rotatable bonds is 4. The van der Waals surface area contributed by atoms with E-state index < -0.39 is 21.4 Å². The Labute approximate surface area is 176 Å². The quantitative estimate of drug-likeness (QED) is 0.313. The van der Waals surface area contributed by atoms with E-state index in [9.17, 15) is 25.0 Å². The maximum absolute atomic E-state index is 12.6. The largest absolute Gasteiger partial charge is 0.318 e. The fourth-order valence-electron chi connectivity index (χ4n) is 3.67. The number of nitrogens with zero attached hydrogens (tertiary/aromatic N) is 7. The van der Waals surface area contributed by atoms with E-state index in [1.807, 2.05) is 0 Å². The number of aromatic amines is 1. The van der Waals surface area contributed by atoms with Gasteiger partial charge in [0.2, 0.25) is 5.95 Å². The summed E-state index contributed by atoms with van der Waals surface area (Å²) in [6.07, 6.45) is 0. The number of benzene rings is 2. The molecule has 0 spiro atoms. The summed E-state index contributed by atoms with van der Waals surface area (Å²) in [6, 6.07) is 10.6. The third-order valence-corrected chi connectivity index (χ3v) is 5.05. The summed E-state index contributed by atoms with van der Waals surface area (Å²) in [7, 11) is 0. The first-order chi connectivity index (χ1) is 15.5. The van der Waals surface area contributed by atoms with E-state index in [1.165, 1.54) is 41.1 Å². The minimum Gasteiger partial charge on any atom is -0.318 e. The van der Waals surface area contributed by atoms with Gasteiger partial charge in [-0.1, -0.05) is 17.2 Å². The van der Waals surface area contributed by atoms with E-state index in [2.05, 4.69) is 31.0 Å². The lowest BCUT2D eigenvalue weighted by Crippen LogP contribution is -2.29. The number of fused-ring (bicyclic) bond motifs is 2. The van der Waals surface area contributed by atoms with Crippen molar-refractivity contribution in [2.24, 2.45) is 0 Å². The molecule has 1 aliphatic rings. The van der Waals surface area contributed by atoms with E-state index >= 15 is 0 Å². The highest BCUT2D eigenvalue weighted by atomic mass is 16.6. The lowest BCUT2D eigenvalue weighted by molar-refractivity contribution is -0.385. The third-order valence-electron chi connectivity index (χ3n) is 5.05. The van der Waals surface area contributed by atoms with Gasteiger partial charge >= 0.3 is 0 Å². The Bertz CT molecular complexity index is 1440. The molecule has 3 heterocycles. The van der Waals surface area contributed by atoms with Gasteiger partial charge in [0.15, 0.2) is 0 Å². The van der Waals surface area contributed by atoms with E-state index in [0.717, 1.165) is 0 Å². The number of aromatic nitrogens is 6. The van der Waals surface area contributed by atoms with Crippen LogP contribution in [0.25, 0.3) is 11.3 Å². The average Bonchev–Trinajstić information content (AvgIpc) is 3.26. The molecule has 0 saturated carbocycles. The molecule has 2 N–H and O–H groups in total. The summed E-state index contributed by atoms with van der Waals surface area (Å²) in [5.74, 6) is 0.118. The van der Waals surface area contributed by atoms with Gasteiger partial charge < -0.3 is 5.32 Å². The van der Waals surface area contributed by atoms with Crippen molar-refractivity contribution < 1.29 is 9.85 Å². The first kappa shape index (κ1) is 19.0. The van der Waals surface area contributed by atoms with Crippen molar-refractivity contribution in [2.75, 3.05) is 5.32 Å². The van der Waals surface area contributed by atoms with Crippen molar-refractivity contribution in [2.45, 2.75) is 6.04 Å². The molecule has 158 valence electrons. The van der Waals surface area contributed by atoms with E-state index in [4.69, 9.17) is 0 Å². The van der Waals surface area contributed by atoms with Gasteiger partial charge in [0, 0.05) is 29.3 Å². The van der Waals surface area contributed by atoms with Crippen molar-refractivity contribution in [1.82, 2.24) is 30.4 Å². The second-order valence-electron chi connectivity index (χ2n) is 6.78. The molecule has 0 radical (unpaired) electrons. The molecule has 4 aromatic rings. The van der Waals surface area contributed by atoms with Gasteiger partial charge in [0.05, 0.1) is 21.1 Å². The molecule has 14 nitrogen and oxygen atoms in total. The van der Waals surface area contributed by atoms with Crippen LogP contribution in [0, 0.1) is 20.2 Å². The minimum atomic E-state index is -0.960. The molecular formula is C18H11N9O5. The van der Waals surface area contributed by atoms with Gasteiger partial charge in [-0.3, -0.25) is 25.0 Å². The maximum atomic E-state index is 12.6. The summed E-state index contributed by atoms with van der Waals surface area (Å²) >= 11 is 0. The van der Waals surface area contributed by atoms with Crippen molar-refractivity contribution in [3.8, 4) is 11.3 Å². The first-order valence-electron chi connectivity index (χ1n) is 9.11. The summed E-state index contributed by atoms with van der Waals surface area (Å²) in [4.78, 5) is 34.3. The number of nitrogens with one attached hydrogen (secondary N) is 2. The number of H-pyrrole nitrogens is 1. The van der Waals surface area contributed by atoms with Crippen LogP contribution < -0.4 is 10.9 Å². The zero-order chi connectivity index (χ0) is 22.4. The Morgan fingerprint density at radius 1 is 1.00 bits per heavy atom. The smallest absolute Gasteiger partial charge is 0.288 e. The van der Waals surface area contributed by atoms with Gasteiger partial charge in [-0.15, -0.1) is 0 Å². The van der Waals surface area contributed by atoms with Crippen LogP contribution in [0.1, 0.15) is 17.2 Å². The van der Waals surface area contributed by atoms with Gasteiger partial charge in [0.25, 0.3) is 16.9 Å². The third kappa shape index (κ3) is 2.85. The topological polar surface area (TPSA) is 188 Å². The summed E-state index contributed by atoms with van der Waals surface area (Å²) in [6.45, 7) is 0. The highest BCUT2D eigenvalue weighted by molar-refractivity contribution is 5.76. The van der Waals surface area contributed by atoms with Crippen LogP contribution in [-0.2, 0) is 0 Å². The first-order valence-corrected chi connectivity index (χ1v) is 9.11. The van der Waals surface area contributed by atoms with Crippen molar-refractivity contribution >= 4 is 23.0 Å². The van der Waals surface area contributed by atoms with Gasteiger partial charge in [0.1, 0.15) is 11.7 Å². The number of tetrazole rings is 1. The average molecular weight is 433 g/mol. The lowest BCUT2D eigenvalue weighted by Gasteiger charge is -2.27. The summed E-state index contributed by atoms with van der Waals surface area (Å²) in [5.41, 5.74) is 0.407. The van der Waals surface area contributed by atoms with Crippen LogP contribution in [0.5, 0.6) is 0 Å². The van der Waals surface area contributed by atoms with Crippen LogP contribution >= 0.6 is 0 Å². The molecule has 2 aromatic heterocycles. The lowest BCUT2D eigenvalue weighted by atomic mass is 9.91. The van der Waals surface area contributed by atoms with Crippen LogP contribution in [0.4, 0.5) is 23.0 Å². The number of para-hydroxylation sites is 1. The molecule has 14 heteroatoms. The summed E-state index contributed by atoms with van der Waals surface area (Å²) in [5, 5.41) is 43.5. The van der Waals surface area contributed by atoms with E-state index in [0.29, 0.717) is 5.56 Å². The molecule has 0 amide bonds. The van der Waals surface area contributed by atoms with Crippen LogP contribution in [0.3, 0.4) is 0 Å². The molecule has 0 aliphatic carbocycles. The minimum absolute atomic E-state index is 0.0683. The van der Waals surface area contributed by atoms with Crippen LogP contribution in [0.2, 0.25) is 0 Å². The Balaban J connectivity index is 1.81. The molecule has 0 saturated heterocycles. The number of anilines is 2. The molecule has 0 unspecified atom stereocenters. The van der Waals surface area contributed by atoms with Crippen LogP contribution in [0.15, 0.2) is 53.3 Å². The van der Waals surface area contributed by atoms with E-state index in [1.54, 1.807) is 12.1 Å². The monoisotopic (exact) mass is 433 g/mol. The Morgan fingerprint density at radius 2 is 1.75 bits per heavy atom. The molecular weight excluding hydrogens is 422 g/mol. The molecule has 0 fully saturated rings. The molecule has 5 rings (SSSR count). The molecule has 1 aliphatic heterocycles. The Morgan fingerprint density at radius 3 is 2.47 bits per heavy atom. The van der Waals surface area contributed by atoms with Gasteiger partial charge in [-0.2, -0.15) is 9.78 Å². The number of nitro groups is 2. The Hall–Kier alpha value is -5.01. The normalized spacial score (nSPS) is 14.2. The standard InChI is InChI=1S/C18H11N9O5/c28-17-15-13(14(20-21-17)9-5-7-10(8-6-9)26(29)30)16(25-18(19-15)22-23-24-25)11-3-1-2-4-12(11)27(31)32/h1-8,16H,(H,21,28)(H,19,22,24)/t16-/m1/s1. The molecule has 2 aromatic carbocycles. The van der Waals surface area contributed by atoms with Crippen molar-refractivity contribution in [3.63, 3.8) is 0 Å². The number of non-ortho nitro benzene ring substituents is 1. The predicted molar refractivity (Wildman–Crippen MR) is 108 cm³/mol. The molecule has 32 heavy (non-hydrogen) atoms. The predicted octanol–water partition coefficient (Wildman–Crippen LogP) is 1.93. The van der Waals surface area contributed by atoms with Gasteiger partial charge in [-0.05, 0) is 28.6 Å². The molecule has 1 atom stereocenters. The van der Waals surface area contributed by atoms with Gasteiger partial charge in [-0.25, -0.2) is 5.10 Å². The molecule has 0 bridgehead atoms. The van der Waals surface area contributed by atoms with Crippen LogP contribution in [-0.4, -0.2) is 40.3 Å². The number of nitro benzene ring substituents is 2. The highest BCUT2D eigenvalue weighted by Crippen LogP contribution is 2.43. The Kier molecular flexibility index (Phi) is 4.18. The second-order valence-corrected chi connectivity index (χ2v) is 6.78.